The Bertz CT molecular complexity index is 490. The molecule has 3 rings (SSSR count). The van der Waals surface area contributed by atoms with Crippen LogP contribution < -0.4 is 4.90 Å². The molecule has 102 valence electrons. The fraction of sp³-hybridized carbons (Fsp3) is 0.562. The molecule has 1 aromatic carbocycles. The van der Waals surface area contributed by atoms with E-state index in [4.69, 9.17) is 0 Å². The largest absolute Gasteiger partial charge is 0.312 e. The van der Waals surface area contributed by atoms with Crippen molar-refractivity contribution in [1.29, 1.82) is 0 Å². The number of halogens is 1. The first kappa shape index (κ1) is 12.6. The summed E-state index contributed by atoms with van der Waals surface area (Å²) in [6.45, 7) is 5.04. The van der Waals surface area contributed by atoms with Gasteiger partial charge in [0.05, 0.1) is 0 Å². The van der Waals surface area contributed by atoms with E-state index in [1.54, 1.807) is 12.1 Å². The van der Waals surface area contributed by atoms with Crippen molar-refractivity contribution in [2.45, 2.75) is 33.1 Å². The van der Waals surface area contributed by atoms with Crippen LogP contribution in [-0.4, -0.2) is 12.5 Å². The molecule has 1 aliphatic heterocycles. The summed E-state index contributed by atoms with van der Waals surface area (Å²) in [5.74, 6) is 0.434. The van der Waals surface area contributed by atoms with Gasteiger partial charge in [-0.1, -0.05) is 13.8 Å². The second-order valence-corrected chi connectivity index (χ2v) is 6.46. The summed E-state index contributed by atoms with van der Waals surface area (Å²) in [6.07, 6.45) is 3.48. The summed E-state index contributed by atoms with van der Waals surface area (Å²) in [7, 11) is 0. The fourth-order valence-electron chi connectivity index (χ4n) is 3.13. The highest BCUT2D eigenvalue weighted by Gasteiger charge is 2.52. The number of benzene rings is 1. The normalized spacial score (nSPS) is 25.2. The third-order valence-corrected chi connectivity index (χ3v) is 4.63. The Hall–Kier alpha value is -1.38. The van der Waals surface area contributed by atoms with Crippen molar-refractivity contribution in [1.82, 2.24) is 0 Å². The first-order chi connectivity index (χ1) is 9.01. The van der Waals surface area contributed by atoms with Crippen LogP contribution in [0.3, 0.4) is 0 Å². The molecule has 1 saturated heterocycles. The second-order valence-electron chi connectivity index (χ2n) is 6.46. The third kappa shape index (κ3) is 2.26. The minimum atomic E-state index is -0.255. The van der Waals surface area contributed by atoms with E-state index >= 15 is 0 Å². The van der Waals surface area contributed by atoms with E-state index in [1.165, 1.54) is 25.0 Å². The number of amides is 1. The first-order valence-electron chi connectivity index (χ1n) is 7.08. The summed E-state index contributed by atoms with van der Waals surface area (Å²) < 4.78 is 13.0. The Morgan fingerprint density at radius 3 is 2.42 bits per heavy atom. The topological polar surface area (TPSA) is 20.3 Å². The minimum absolute atomic E-state index is 0.112. The Morgan fingerprint density at radius 1 is 1.26 bits per heavy atom. The van der Waals surface area contributed by atoms with Gasteiger partial charge in [-0.2, -0.15) is 0 Å². The van der Waals surface area contributed by atoms with E-state index in [0.29, 0.717) is 11.3 Å². The van der Waals surface area contributed by atoms with Gasteiger partial charge in [0.1, 0.15) is 5.82 Å². The van der Waals surface area contributed by atoms with Gasteiger partial charge >= 0.3 is 0 Å². The molecule has 0 radical (unpaired) electrons. The zero-order valence-corrected chi connectivity index (χ0v) is 11.5. The van der Waals surface area contributed by atoms with Gasteiger partial charge < -0.3 is 4.90 Å². The molecule has 2 nitrogen and oxygen atoms in total. The minimum Gasteiger partial charge on any atom is -0.312 e. The molecule has 1 atom stereocenters. The van der Waals surface area contributed by atoms with Gasteiger partial charge in [0.15, 0.2) is 0 Å². The van der Waals surface area contributed by atoms with Crippen molar-refractivity contribution in [2.75, 3.05) is 11.4 Å². The maximum atomic E-state index is 13.0. The summed E-state index contributed by atoms with van der Waals surface area (Å²) in [4.78, 5) is 14.5. The molecule has 0 bridgehead atoms. The highest BCUT2D eigenvalue weighted by molar-refractivity contribution is 5.96. The van der Waals surface area contributed by atoms with Crippen LogP contribution in [0.15, 0.2) is 24.3 Å². The summed E-state index contributed by atoms with van der Waals surface area (Å²) in [5, 5.41) is 0. The van der Waals surface area contributed by atoms with E-state index in [2.05, 4.69) is 13.8 Å². The average Bonchev–Trinajstić information content (AvgIpc) is 3.13. The van der Waals surface area contributed by atoms with Gasteiger partial charge in [-0.15, -0.1) is 0 Å². The Balaban J connectivity index is 1.90. The lowest BCUT2D eigenvalue weighted by Crippen LogP contribution is -2.48. The van der Waals surface area contributed by atoms with Crippen LogP contribution in [0.4, 0.5) is 10.1 Å². The van der Waals surface area contributed by atoms with Crippen LogP contribution in [0.5, 0.6) is 0 Å². The Labute approximate surface area is 113 Å². The van der Waals surface area contributed by atoms with Crippen LogP contribution in [0.1, 0.15) is 33.1 Å². The maximum absolute atomic E-state index is 13.0. The van der Waals surface area contributed by atoms with Gasteiger partial charge in [-0.05, 0) is 54.9 Å². The second kappa shape index (κ2) is 4.32. The Kier molecular flexibility index (Phi) is 2.88. The maximum Gasteiger partial charge on any atom is 0.230 e. The summed E-state index contributed by atoms with van der Waals surface area (Å²) in [5.41, 5.74) is 1.18. The first-order valence-corrected chi connectivity index (χ1v) is 7.08. The van der Waals surface area contributed by atoms with Crippen molar-refractivity contribution < 1.29 is 9.18 Å². The standard InChI is InChI=1S/C16H20FNO/c1-11(2)14-9-16(7-8-16)10-18(15(14)19)13-5-3-12(17)4-6-13/h3-6,11,14H,7-10H2,1-2H3. The summed E-state index contributed by atoms with van der Waals surface area (Å²) >= 11 is 0. The lowest BCUT2D eigenvalue weighted by molar-refractivity contribution is -0.126. The highest BCUT2D eigenvalue weighted by atomic mass is 19.1. The predicted octanol–water partition coefficient (Wildman–Crippen LogP) is 3.61. The molecule has 1 unspecified atom stereocenters. The lowest BCUT2D eigenvalue weighted by Gasteiger charge is -2.39. The molecule has 0 N–H and O–H groups in total. The van der Waals surface area contributed by atoms with Gasteiger partial charge in [-0.25, -0.2) is 4.39 Å². The van der Waals surface area contributed by atoms with Gasteiger partial charge in [0, 0.05) is 18.2 Å². The van der Waals surface area contributed by atoms with Crippen molar-refractivity contribution in [3.63, 3.8) is 0 Å². The van der Waals surface area contributed by atoms with Crippen LogP contribution in [0, 0.1) is 23.1 Å². The highest BCUT2D eigenvalue weighted by Crippen LogP contribution is 2.55. The summed E-state index contributed by atoms with van der Waals surface area (Å²) in [6, 6.07) is 6.29. The number of hydrogen-bond acceptors (Lipinski definition) is 1. The quantitative estimate of drug-likeness (QED) is 0.796. The molecule has 1 spiro atoms. The monoisotopic (exact) mass is 261 g/mol. The average molecular weight is 261 g/mol. The number of hydrogen-bond donors (Lipinski definition) is 0. The van der Waals surface area contributed by atoms with Crippen molar-refractivity contribution in [3.8, 4) is 0 Å². The zero-order valence-electron chi connectivity index (χ0n) is 11.5. The van der Waals surface area contributed by atoms with E-state index in [-0.39, 0.29) is 17.6 Å². The van der Waals surface area contributed by atoms with E-state index in [9.17, 15) is 9.18 Å². The SMILES string of the molecule is CC(C)C1CC2(CC2)CN(c2ccc(F)cc2)C1=O. The molecule has 2 aliphatic rings. The van der Waals surface area contributed by atoms with E-state index < -0.39 is 0 Å². The molecule has 2 fully saturated rings. The van der Waals surface area contributed by atoms with Crippen molar-refractivity contribution in [2.24, 2.45) is 17.3 Å². The molecule has 1 heterocycles. The van der Waals surface area contributed by atoms with Gasteiger partial charge in [0.25, 0.3) is 0 Å². The smallest absolute Gasteiger partial charge is 0.230 e. The predicted molar refractivity (Wildman–Crippen MR) is 73.4 cm³/mol. The van der Waals surface area contributed by atoms with Crippen molar-refractivity contribution in [3.05, 3.63) is 30.1 Å². The molecular weight excluding hydrogens is 241 g/mol. The van der Waals surface area contributed by atoms with Crippen LogP contribution in [0.2, 0.25) is 0 Å². The number of carbonyl (C=O) groups excluding carboxylic acids is 1. The molecule has 1 saturated carbocycles. The third-order valence-electron chi connectivity index (χ3n) is 4.63. The number of carbonyl (C=O) groups is 1. The molecule has 19 heavy (non-hydrogen) atoms. The Morgan fingerprint density at radius 2 is 1.89 bits per heavy atom. The van der Waals surface area contributed by atoms with Gasteiger partial charge in [-0.3, -0.25) is 4.79 Å². The molecule has 1 aromatic rings. The molecule has 1 aliphatic carbocycles. The van der Waals surface area contributed by atoms with E-state index in [1.807, 2.05) is 4.90 Å². The number of nitrogens with zero attached hydrogens (tertiary/aromatic N) is 1. The molecule has 1 amide bonds. The van der Waals surface area contributed by atoms with Crippen molar-refractivity contribution >= 4 is 11.6 Å². The van der Waals surface area contributed by atoms with Crippen LogP contribution >= 0.6 is 0 Å². The number of piperidine rings is 1. The number of rotatable bonds is 2. The molecular formula is C16H20FNO. The lowest BCUT2D eigenvalue weighted by atomic mass is 9.79. The number of anilines is 1. The van der Waals surface area contributed by atoms with Crippen LogP contribution in [0.25, 0.3) is 0 Å². The fourth-order valence-corrected chi connectivity index (χ4v) is 3.13. The molecule has 0 aromatic heterocycles. The van der Waals surface area contributed by atoms with Gasteiger partial charge in [0.2, 0.25) is 5.91 Å². The molecule has 3 heteroatoms. The van der Waals surface area contributed by atoms with Crippen LogP contribution in [-0.2, 0) is 4.79 Å². The zero-order chi connectivity index (χ0) is 13.6. The van der Waals surface area contributed by atoms with E-state index in [0.717, 1.165) is 18.7 Å².